The van der Waals surface area contributed by atoms with Crippen LogP contribution >= 0.6 is 12.3 Å². The number of carbonyl (C=O) groups is 2. The van der Waals surface area contributed by atoms with Gasteiger partial charge in [0.2, 0.25) is 5.91 Å². The summed E-state index contributed by atoms with van der Waals surface area (Å²) in [5.41, 5.74) is 3.22. The Balaban J connectivity index is 1.51. The molecule has 2 N–H and O–H groups in total. The number of ether oxygens (including phenoxy) is 1. The summed E-state index contributed by atoms with van der Waals surface area (Å²) in [6.07, 6.45) is 3.82. The summed E-state index contributed by atoms with van der Waals surface area (Å²) in [7, 11) is 0. The number of aromatic nitrogens is 2. The molecule has 2 aliphatic rings. The number of anilines is 1. The van der Waals surface area contributed by atoms with Crippen LogP contribution in [0.2, 0.25) is 0 Å². The monoisotopic (exact) mass is 488 g/mol. The lowest BCUT2D eigenvalue weighted by molar-refractivity contribution is -0.120. The highest BCUT2D eigenvalue weighted by Crippen LogP contribution is 2.51. The first kappa shape index (κ1) is 24.6. The number of aryl methyl sites for hydroxylation is 1. The molecule has 9 heteroatoms. The second-order valence-electron chi connectivity index (χ2n) is 10.4. The minimum Gasteiger partial charge on any atom is -0.444 e. The van der Waals surface area contributed by atoms with Crippen molar-refractivity contribution in [1.29, 1.82) is 0 Å². The number of alkyl carbamates (subject to hydrolysis) is 1. The van der Waals surface area contributed by atoms with Crippen LogP contribution in [-0.4, -0.2) is 32.8 Å². The molecular formula is C25H33FN4O3S. The largest absolute Gasteiger partial charge is 0.444 e. The molecule has 2 aliphatic carbocycles. The van der Waals surface area contributed by atoms with Crippen molar-refractivity contribution in [2.75, 3.05) is 5.32 Å². The Bertz CT molecular complexity index is 1040. The second-order valence-corrected chi connectivity index (χ2v) is 10.9. The topological polar surface area (TPSA) is 85.3 Å². The standard InChI is InChI=1S/C25H33FN4O3S/c1-14-20(15(2)30(29-14)34-26)16-10-12-19(13-11-16)27-23(31)22(28-24(32)33-25(3,4)5)21(17-6-7-17)18-8-9-18/h10-13,17-18,21-22H,6-9H2,1-5H3,(H,27,31)(H,28,32). The van der Waals surface area contributed by atoms with Crippen molar-refractivity contribution in [1.82, 2.24) is 14.5 Å². The maximum absolute atomic E-state index is 13.4. The minimum absolute atomic E-state index is 0.0690. The number of benzene rings is 1. The Morgan fingerprint density at radius 3 is 2.18 bits per heavy atom. The van der Waals surface area contributed by atoms with Gasteiger partial charge in [-0.25, -0.2) is 4.79 Å². The van der Waals surface area contributed by atoms with Crippen LogP contribution in [0.5, 0.6) is 0 Å². The van der Waals surface area contributed by atoms with Crippen LogP contribution in [0.1, 0.15) is 57.8 Å². The van der Waals surface area contributed by atoms with E-state index in [9.17, 15) is 13.5 Å². The van der Waals surface area contributed by atoms with Crippen molar-refractivity contribution in [2.24, 2.45) is 17.8 Å². The second kappa shape index (κ2) is 9.60. The van der Waals surface area contributed by atoms with E-state index >= 15 is 0 Å². The fraction of sp³-hybridized carbons (Fsp3) is 0.560. The fourth-order valence-corrected chi connectivity index (χ4v) is 5.05. The molecule has 0 spiro atoms. The average molecular weight is 489 g/mol. The van der Waals surface area contributed by atoms with E-state index < -0.39 is 17.7 Å². The first-order valence-corrected chi connectivity index (χ1v) is 12.5. The molecule has 1 heterocycles. The molecule has 0 saturated heterocycles. The summed E-state index contributed by atoms with van der Waals surface area (Å²) >= 11 is 0.0690. The zero-order chi connectivity index (χ0) is 24.6. The SMILES string of the molecule is Cc1nn(SF)c(C)c1-c1ccc(NC(=O)C(NC(=O)OC(C)(C)C)C(C2CC2)C2CC2)cc1. The van der Waals surface area contributed by atoms with Gasteiger partial charge in [0.1, 0.15) is 11.6 Å². The van der Waals surface area contributed by atoms with E-state index in [4.69, 9.17) is 4.74 Å². The summed E-state index contributed by atoms with van der Waals surface area (Å²) in [5, 5.41) is 10.1. The van der Waals surface area contributed by atoms with Gasteiger partial charge in [-0.1, -0.05) is 12.1 Å². The van der Waals surface area contributed by atoms with Crippen LogP contribution in [0.15, 0.2) is 24.3 Å². The van der Waals surface area contributed by atoms with E-state index in [-0.39, 0.29) is 24.2 Å². The van der Waals surface area contributed by atoms with E-state index in [0.717, 1.165) is 48.2 Å². The third kappa shape index (κ3) is 5.74. The van der Waals surface area contributed by atoms with E-state index in [2.05, 4.69) is 15.7 Å². The number of nitrogens with one attached hydrogen (secondary N) is 2. The van der Waals surface area contributed by atoms with Crippen molar-refractivity contribution >= 4 is 30.0 Å². The lowest BCUT2D eigenvalue weighted by Gasteiger charge is -2.29. The van der Waals surface area contributed by atoms with Crippen LogP contribution in [0, 0.1) is 31.6 Å². The highest BCUT2D eigenvalue weighted by molar-refractivity contribution is 7.92. The predicted octanol–water partition coefficient (Wildman–Crippen LogP) is 5.82. The lowest BCUT2D eigenvalue weighted by Crippen LogP contribution is -2.51. The zero-order valence-electron chi connectivity index (χ0n) is 20.4. The van der Waals surface area contributed by atoms with Gasteiger partial charge in [-0.2, -0.15) is 9.19 Å². The van der Waals surface area contributed by atoms with Crippen molar-refractivity contribution in [3.05, 3.63) is 35.7 Å². The fourth-order valence-electron chi connectivity index (χ4n) is 4.71. The molecule has 2 saturated carbocycles. The normalized spacial score (nSPS) is 16.9. The van der Waals surface area contributed by atoms with E-state index in [1.54, 1.807) is 0 Å². The summed E-state index contributed by atoms with van der Waals surface area (Å²) in [5.74, 6) is 0.838. The van der Waals surface area contributed by atoms with Crippen LogP contribution in [0.25, 0.3) is 11.1 Å². The highest BCUT2D eigenvalue weighted by Gasteiger charge is 2.48. The van der Waals surface area contributed by atoms with Crippen molar-refractivity contribution < 1.29 is 18.2 Å². The number of carbonyl (C=O) groups excluding carboxylic acids is 2. The molecule has 0 aliphatic heterocycles. The smallest absolute Gasteiger partial charge is 0.408 e. The number of hydrogen-bond acceptors (Lipinski definition) is 5. The molecule has 0 bridgehead atoms. The molecule has 0 radical (unpaired) electrons. The van der Waals surface area contributed by atoms with Gasteiger partial charge in [-0.15, -0.1) is 3.89 Å². The van der Waals surface area contributed by atoms with Crippen LogP contribution < -0.4 is 10.6 Å². The van der Waals surface area contributed by atoms with Gasteiger partial charge in [0.15, 0.2) is 12.3 Å². The molecule has 34 heavy (non-hydrogen) atoms. The average Bonchev–Trinajstić information content (AvgIpc) is 3.67. The highest BCUT2D eigenvalue weighted by atomic mass is 32.2. The molecule has 1 aromatic carbocycles. The van der Waals surface area contributed by atoms with E-state index in [0.29, 0.717) is 17.5 Å². The van der Waals surface area contributed by atoms with Crippen molar-refractivity contribution in [3.63, 3.8) is 0 Å². The van der Waals surface area contributed by atoms with Crippen molar-refractivity contribution in [3.8, 4) is 11.1 Å². The molecule has 1 unspecified atom stereocenters. The van der Waals surface area contributed by atoms with E-state index in [1.807, 2.05) is 58.9 Å². The molecule has 1 aromatic heterocycles. The maximum atomic E-state index is 13.4. The van der Waals surface area contributed by atoms with E-state index in [1.165, 1.54) is 4.09 Å². The van der Waals surface area contributed by atoms with Crippen LogP contribution in [-0.2, 0) is 9.53 Å². The third-order valence-electron chi connectivity index (χ3n) is 6.43. The Kier molecular flexibility index (Phi) is 6.94. The van der Waals surface area contributed by atoms with Gasteiger partial charge < -0.3 is 15.4 Å². The summed E-state index contributed by atoms with van der Waals surface area (Å²) < 4.78 is 19.8. The molecule has 184 valence electrons. The summed E-state index contributed by atoms with van der Waals surface area (Å²) in [6, 6.07) is 6.77. The van der Waals surface area contributed by atoms with Gasteiger partial charge >= 0.3 is 6.09 Å². The Hall–Kier alpha value is -2.55. The molecule has 7 nitrogen and oxygen atoms in total. The van der Waals surface area contributed by atoms with Crippen molar-refractivity contribution in [2.45, 2.75) is 71.9 Å². The molecule has 4 rings (SSSR count). The Labute approximate surface area is 204 Å². The molecule has 2 fully saturated rings. The van der Waals surface area contributed by atoms with Crippen LogP contribution in [0.3, 0.4) is 0 Å². The zero-order valence-corrected chi connectivity index (χ0v) is 21.2. The van der Waals surface area contributed by atoms with Gasteiger partial charge in [0.05, 0.1) is 11.4 Å². The number of hydrogen-bond donors (Lipinski definition) is 2. The number of amides is 2. The summed E-state index contributed by atoms with van der Waals surface area (Å²) in [6.45, 7) is 9.08. The van der Waals surface area contributed by atoms with Crippen LogP contribution in [0.4, 0.5) is 14.4 Å². The number of nitrogens with zero attached hydrogens (tertiary/aromatic N) is 2. The van der Waals surface area contributed by atoms with Gasteiger partial charge in [0.25, 0.3) is 0 Å². The first-order valence-electron chi connectivity index (χ1n) is 11.8. The number of halogens is 1. The minimum atomic E-state index is -0.640. The predicted molar refractivity (Wildman–Crippen MR) is 132 cm³/mol. The molecule has 1 atom stereocenters. The van der Waals surface area contributed by atoms with Gasteiger partial charge in [-0.3, -0.25) is 4.79 Å². The lowest BCUT2D eigenvalue weighted by atomic mass is 9.88. The maximum Gasteiger partial charge on any atom is 0.408 e. The third-order valence-corrected chi connectivity index (χ3v) is 6.92. The Morgan fingerprint density at radius 2 is 1.71 bits per heavy atom. The summed E-state index contributed by atoms with van der Waals surface area (Å²) in [4.78, 5) is 25.9. The molecular weight excluding hydrogens is 455 g/mol. The van der Waals surface area contributed by atoms with Gasteiger partial charge in [-0.05, 0) is 95.8 Å². The Morgan fingerprint density at radius 1 is 1.12 bits per heavy atom. The number of rotatable bonds is 8. The van der Waals surface area contributed by atoms with Gasteiger partial charge in [0, 0.05) is 11.3 Å². The first-order chi connectivity index (χ1) is 16.1. The molecule has 2 aromatic rings. The quantitative estimate of drug-likeness (QED) is 0.489. The molecule has 2 amide bonds.